The number of aromatic nitrogens is 7. The Labute approximate surface area is 379 Å². The Balaban J connectivity index is 0.000000372. The summed E-state index contributed by atoms with van der Waals surface area (Å²) in [6, 6.07) is -0.947. The number of hydrogen-bond donors (Lipinski definition) is 6. The zero-order chi connectivity index (χ0) is 48.4. The topological polar surface area (TPSA) is 270 Å². The average molecular weight is 964 g/mol. The predicted octanol–water partition coefficient (Wildman–Crippen LogP) is 6.86. The molecule has 6 rings (SSSR count). The van der Waals surface area contributed by atoms with E-state index in [1.807, 2.05) is 52.3 Å². The molecule has 1 saturated heterocycles. The first kappa shape index (κ1) is 56.0. The lowest BCUT2D eigenvalue weighted by Gasteiger charge is -2.17. The van der Waals surface area contributed by atoms with Crippen LogP contribution >= 0.6 is 45.5 Å². The molecule has 1 fully saturated rings. The Morgan fingerprint density at radius 3 is 1.29 bits per heavy atom. The first-order valence-corrected chi connectivity index (χ1v) is 24.2. The molecule has 5 aromatic heterocycles. The van der Waals surface area contributed by atoms with Gasteiger partial charge in [0.15, 0.2) is 5.82 Å². The fraction of sp³-hybridized carbons (Fsp3) is 0.641. The number of carbonyl (C=O) groups is 1. The van der Waals surface area contributed by atoms with Crippen LogP contribution in [0.25, 0.3) is 0 Å². The molecule has 0 aliphatic carbocycles. The minimum atomic E-state index is -3.55. The molecule has 0 spiro atoms. The molecule has 1 amide bonds. The molecule has 0 aromatic carbocycles. The SMILES string of the molecule is CC(C)(C)c1csc(=O)[nH]1.CC(C)(C)c1csc(=O)[nH]1.CC(C)(C)c1nc(O)cs1.CC(C)(C)c1noc(=O)[nH]1.CC(C)(C)c1nsc(=O)[nH]1.CC1NS(=O)(=O)N(C(C)C)C1=O. The number of thiazole rings is 3. The molecule has 18 nitrogen and oxygen atoms in total. The van der Waals surface area contributed by atoms with Crippen molar-refractivity contribution in [2.45, 2.75) is 164 Å². The van der Waals surface area contributed by atoms with E-state index in [9.17, 15) is 32.4 Å². The van der Waals surface area contributed by atoms with Gasteiger partial charge in [0.1, 0.15) is 16.9 Å². The Morgan fingerprint density at radius 1 is 0.661 bits per heavy atom. The highest BCUT2D eigenvalue weighted by Gasteiger charge is 2.41. The number of amides is 1. The van der Waals surface area contributed by atoms with Gasteiger partial charge in [-0.1, -0.05) is 132 Å². The molecule has 23 heteroatoms. The summed E-state index contributed by atoms with van der Waals surface area (Å²) < 4.78 is 33.8. The third-order valence-electron chi connectivity index (χ3n) is 7.73. The molecular formula is C39H65N9O9S5. The number of nitrogens with zero attached hydrogens (tertiary/aromatic N) is 4. The maximum atomic E-state index is 11.2. The first-order chi connectivity index (χ1) is 27.9. The molecule has 1 unspecified atom stereocenters. The van der Waals surface area contributed by atoms with Crippen molar-refractivity contribution in [3.63, 3.8) is 0 Å². The number of rotatable bonds is 1. The fourth-order valence-corrected chi connectivity index (χ4v) is 8.81. The van der Waals surface area contributed by atoms with Crippen molar-refractivity contribution >= 4 is 61.7 Å². The van der Waals surface area contributed by atoms with Gasteiger partial charge in [0.25, 0.3) is 5.91 Å². The van der Waals surface area contributed by atoms with Crippen LogP contribution in [0.3, 0.4) is 0 Å². The number of hydrogen-bond acceptors (Lipinski definition) is 16. The van der Waals surface area contributed by atoms with Gasteiger partial charge in [0, 0.05) is 66.8 Å². The van der Waals surface area contributed by atoms with Crippen LogP contribution in [0.4, 0.5) is 0 Å². The van der Waals surface area contributed by atoms with Gasteiger partial charge in [-0.05, 0) is 20.8 Å². The smallest absolute Gasteiger partial charge is 0.438 e. The van der Waals surface area contributed by atoms with E-state index in [0.717, 1.165) is 38.1 Å². The van der Waals surface area contributed by atoms with Crippen LogP contribution in [-0.2, 0) is 42.1 Å². The highest BCUT2D eigenvalue weighted by molar-refractivity contribution is 7.88. The van der Waals surface area contributed by atoms with E-state index in [4.69, 9.17) is 5.11 Å². The molecule has 1 aliphatic rings. The third kappa shape index (κ3) is 19.2. The zero-order valence-corrected chi connectivity index (χ0v) is 43.0. The molecule has 6 heterocycles. The Morgan fingerprint density at radius 2 is 1.13 bits per heavy atom. The second-order valence-electron chi connectivity index (χ2n) is 19.3. The van der Waals surface area contributed by atoms with Crippen LogP contribution in [0.15, 0.2) is 39.8 Å². The average Bonchev–Trinajstić information content (AvgIpc) is 3.93. The van der Waals surface area contributed by atoms with E-state index in [1.165, 1.54) is 40.9 Å². The molecule has 62 heavy (non-hydrogen) atoms. The Hall–Kier alpha value is -4.03. The van der Waals surface area contributed by atoms with Crippen molar-refractivity contribution in [1.29, 1.82) is 0 Å². The van der Waals surface area contributed by atoms with Crippen LogP contribution in [0, 0.1) is 0 Å². The summed E-state index contributed by atoms with van der Waals surface area (Å²) in [7, 11) is -3.55. The van der Waals surface area contributed by atoms with Crippen molar-refractivity contribution in [3.8, 4) is 5.88 Å². The second kappa shape index (κ2) is 22.0. The number of carbonyl (C=O) groups excluding carboxylic acids is 1. The van der Waals surface area contributed by atoms with E-state index in [-0.39, 0.29) is 59.5 Å². The van der Waals surface area contributed by atoms with Gasteiger partial charge in [0.05, 0.1) is 5.38 Å². The van der Waals surface area contributed by atoms with Crippen molar-refractivity contribution < 1.29 is 22.8 Å². The Kier molecular flexibility index (Phi) is 19.9. The van der Waals surface area contributed by atoms with E-state index in [2.05, 4.69) is 106 Å². The first-order valence-electron chi connectivity index (χ1n) is 19.4. The third-order valence-corrected chi connectivity index (χ3v) is 12.6. The lowest BCUT2D eigenvalue weighted by molar-refractivity contribution is -0.127. The predicted molar refractivity (Wildman–Crippen MR) is 251 cm³/mol. The van der Waals surface area contributed by atoms with Crippen LogP contribution in [0.2, 0.25) is 0 Å². The van der Waals surface area contributed by atoms with Gasteiger partial charge in [-0.25, -0.2) is 14.1 Å². The molecule has 1 aliphatic heterocycles. The summed E-state index contributed by atoms with van der Waals surface area (Å²) in [5.74, 6) is 0.602. The molecule has 0 radical (unpaired) electrons. The largest absolute Gasteiger partial charge is 0.493 e. The molecular weight excluding hydrogens is 899 g/mol. The summed E-state index contributed by atoms with van der Waals surface area (Å²) in [4.78, 5) is 68.4. The van der Waals surface area contributed by atoms with E-state index >= 15 is 0 Å². The molecule has 1 atom stereocenters. The van der Waals surface area contributed by atoms with Crippen LogP contribution in [0.1, 0.15) is 153 Å². The number of aromatic amines is 4. The second-order valence-corrected chi connectivity index (χ2v) is 24.2. The Bertz CT molecular complexity index is 2250. The summed E-state index contributed by atoms with van der Waals surface area (Å²) in [5.41, 5.74) is 2.04. The summed E-state index contributed by atoms with van der Waals surface area (Å²) in [6.45, 7) is 35.4. The van der Waals surface area contributed by atoms with E-state index in [0.29, 0.717) is 5.82 Å². The minimum absolute atomic E-state index is 0.0323. The van der Waals surface area contributed by atoms with Gasteiger partial charge in [-0.15, -0.1) is 11.3 Å². The normalized spacial score (nSPS) is 15.1. The van der Waals surface area contributed by atoms with Crippen LogP contribution in [0.5, 0.6) is 5.88 Å². The van der Waals surface area contributed by atoms with Gasteiger partial charge < -0.3 is 15.1 Å². The quantitative estimate of drug-likeness (QED) is 0.101. The fourth-order valence-electron chi connectivity index (χ4n) is 4.18. The molecule has 350 valence electrons. The van der Waals surface area contributed by atoms with Gasteiger partial charge in [-0.2, -0.15) is 17.5 Å². The summed E-state index contributed by atoms with van der Waals surface area (Å²) in [5, 5.41) is 18.8. The number of H-pyrrole nitrogens is 4. The van der Waals surface area contributed by atoms with Crippen molar-refractivity contribution in [2.24, 2.45) is 0 Å². The van der Waals surface area contributed by atoms with Crippen LogP contribution in [-0.4, -0.2) is 70.3 Å². The number of aromatic hydroxyl groups is 1. The highest BCUT2D eigenvalue weighted by atomic mass is 32.2. The molecule has 5 aromatic rings. The number of nitrogens with one attached hydrogen (secondary N) is 5. The van der Waals surface area contributed by atoms with Crippen molar-refractivity contribution in [2.75, 3.05) is 0 Å². The van der Waals surface area contributed by atoms with E-state index < -0.39 is 22.0 Å². The minimum Gasteiger partial charge on any atom is -0.493 e. The van der Waals surface area contributed by atoms with E-state index in [1.54, 1.807) is 19.2 Å². The lowest BCUT2D eigenvalue weighted by atomic mass is 9.93. The van der Waals surface area contributed by atoms with Gasteiger partial charge in [-0.3, -0.25) is 33.7 Å². The van der Waals surface area contributed by atoms with Crippen LogP contribution < -0.4 is 25.1 Å². The highest BCUT2D eigenvalue weighted by Crippen LogP contribution is 2.27. The summed E-state index contributed by atoms with van der Waals surface area (Å²) in [6.07, 6.45) is 0. The van der Waals surface area contributed by atoms with Gasteiger partial charge >= 0.3 is 30.6 Å². The molecule has 0 bridgehead atoms. The van der Waals surface area contributed by atoms with Crippen molar-refractivity contribution in [1.82, 2.24) is 43.5 Å². The lowest BCUT2D eigenvalue weighted by Crippen LogP contribution is -2.37. The van der Waals surface area contributed by atoms with Gasteiger partial charge in [0.2, 0.25) is 5.88 Å². The maximum absolute atomic E-state index is 11.2. The zero-order valence-electron chi connectivity index (χ0n) is 38.9. The summed E-state index contributed by atoms with van der Waals surface area (Å²) >= 11 is 4.91. The molecule has 6 N–H and O–H groups in total. The van der Waals surface area contributed by atoms with Crippen molar-refractivity contribution in [3.05, 3.63) is 83.7 Å². The molecule has 0 saturated carbocycles. The maximum Gasteiger partial charge on any atom is 0.438 e. The standard InChI is InChI=1S/3C7H11NOS.C6H12N2O3S.C6H10N2O2.C6H10N2OS/c1-7(2,3)6-8-5(9)4-10-6;2*1-7(2,3)5-4-10-6(9)8-5;1-4(2)8-6(9)5(3)7-12(8,10)11;2*1-6(2,3)4-7-5(9)10-8-4/h4,9H,1-3H3;2*4H,1-3H3,(H,8,9);4-5,7H,1-3H3;2*1-3H3,(H,7,8,9). The monoisotopic (exact) mass is 963 g/mol.